The first-order chi connectivity index (χ1) is 10.7. The lowest BCUT2D eigenvalue weighted by atomic mass is 10.1. The molecule has 23 heavy (non-hydrogen) atoms. The number of rotatable bonds is 8. The minimum absolute atomic E-state index is 0.0170. The Labute approximate surface area is 136 Å². The zero-order valence-corrected chi connectivity index (χ0v) is 14.4. The van der Waals surface area contributed by atoms with Crippen molar-refractivity contribution < 1.29 is 18.0 Å². The molecule has 1 atom stereocenters. The quantitative estimate of drug-likeness (QED) is 0.725. The van der Waals surface area contributed by atoms with Crippen molar-refractivity contribution in [2.24, 2.45) is 5.73 Å². The maximum absolute atomic E-state index is 12.5. The molecule has 1 aromatic carbocycles. The number of amides is 2. The summed E-state index contributed by atoms with van der Waals surface area (Å²) in [6.07, 6.45) is 0.0170. The fourth-order valence-corrected chi connectivity index (χ4v) is 3.67. The third-order valence-electron chi connectivity index (χ3n) is 3.32. The molecule has 2 amide bonds. The fourth-order valence-electron chi connectivity index (χ4n) is 2.17. The van der Waals surface area contributed by atoms with Gasteiger partial charge in [-0.3, -0.25) is 9.59 Å². The molecule has 0 spiro atoms. The summed E-state index contributed by atoms with van der Waals surface area (Å²) in [7, 11) is -3.63. The van der Waals surface area contributed by atoms with Crippen LogP contribution in [-0.4, -0.2) is 43.7 Å². The van der Waals surface area contributed by atoms with Gasteiger partial charge in [0.2, 0.25) is 15.9 Å². The molecule has 1 aromatic rings. The molecule has 0 heterocycles. The maximum atomic E-state index is 12.5. The lowest BCUT2D eigenvalue weighted by molar-refractivity contribution is -0.118. The van der Waals surface area contributed by atoms with Crippen LogP contribution in [0.2, 0.25) is 0 Å². The molecule has 0 aliphatic rings. The number of primary amides is 1. The molecule has 0 aliphatic carbocycles. The van der Waals surface area contributed by atoms with Gasteiger partial charge in [-0.25, -0.2) is 8.42 Å². The molecule has 0 aliphatic heterocycles. The van der Waals surface area contributed by atoms with Gasteiger partial charge in [0.15, 0.2) is 0 Å². The number of nitrogens with two attached hydrogens (primary N) is 1. The Kier molecular flexibility index (Phi) is 6.71. The van der Waals surface area contributed by atoms with E-state index in [0.717, 1.165) is 0 Å². The third kappa shape index (κ3) is 5.04. The van der Waals surface area contributed by atoms with Crippen LogP contribution in [0.4, 0.5) is 0 Å². The molecule has 7 nitrogen and oxygen atoms in total. The average molecular weight is 341 g/mol. The van der Waals surface area contributed by atoms with Gasteiger partial charge >= 0.3 is 0 Å². The van der Waals surface area contributed by atoms with Gasteiger partial charge in [0.1, 0.15) is 0 Å². The molecule has 1 unspecified atom stereocenters. The Balaban J connectivity index is 3.01. The molecule has 3 N–H and O–H groups in total. The monoisotopic (exact) mass is 341 g/mol. The first-order valence-electron chi connectivity index (χ1n) is 7.41. The van der Waals surface area contributed by atoms with Gasteiger partial charge in [-0.2, -0.15) is 4.31 Å². The van der Waals surface area contributed by atoms with Crippen molar-refractivity contribution in [1.29, 1.82) is 0 Å². The predicted octanol–water partition coefficient (Wildman–Crippen LogP) is 0.711. The zero-order chi connectivity index (χ0) is 17.6. The molecule has 0 saturated carbocycles. The number of benzene rings is 1. The Morgan fingerprint density at radius 3 is 2.39 bits per heavy atom. The van der Waals surface area contributed by atoms with Gasteiger partial charge in [-0.1, -0.05) is 19.9 Å². The summed E-state index contributed by atoms with van der Waals surface area (Å²) in [5.41, 5.74) is 5.29. The highest BCUT2D eigenvalue weighted by Crippen LogP contribution is 2.17. The van der Waals surface area contributed by atoms with Crippen molar-refractivity contribution in [1.82, 2.24) is 9.62 Å². The van der Waals surface area contributed by atoms with Gasteiger partial charge in [-0.05, 0) is 25.1 Å². The third-order valence-corrected chi connectivity index (χ3v) is 5.37. The summed E-state index contributed by atoms with van der Waals surface area (Å²) >= 11 is 0. The van der Waals surface area contributed by atoms with E-state index in [4.69, 9.17) is 5.73 Å². The number of nitrogens with one attached hydrogen (secondary N) is 1. The topological polar surface area (TPSA) is 110 Å². The second-order valence-electron chi connectivity index (χ2n) is 5.16. The van der Waals surface area contributed by atoms with Gasteiger partial charge in [-0.15, -0.1) is 0 Å². The number of hydrogen-bond acceptors (Lipinski definition) is 4. The lowest BCUT2D eigenvalue weighted by Gasteiger charge is -2.19. The normalized spacial score (nSPS) is 12.9. The first kappa shape index (κ1) is 19.1. The van der Waals surface area contributed by atoms with E-state index in [1.165, 1.54) is 28.6 Å². The van der Waals surface area contributed by atoms with Crippen molar-refractivity contribution in [3.63, 3.8) is 0 Å². The highest BCUT2D eigenvalue weighted by Gasteiger charge is 2.22. The van der Waals surface area contributed by atoms with E-state index in [-0.39, 0.29) is 16.9 Å². The van der Waals surface area contributed by atoms with Crippen molar-refractivity contribution in [3.05, 3.63) is 29.8 Å². The molecule has 0 saturated heterocycles. The molecular weight excluding hydrogens is 318 g/mol. The Morgan fingerprint density at radius 2 is 1.87 bits per heavy atom. The van der Waals surface area contributed by atoms with Crippen molar-refractivity contribution >= 4 is 21.8 Å². The second-order valence-corrected chi connectivity index (χ2v) is 7.10. The lowest BCUT2D eigenvalue weighted by Crippen LogP contribution is -2.36. The van der Waals surface area contributed by atoms with E-state index in [1.54, 1.807) is 20.8 Å². The molecule has 8 heteroatoms. The van der Waals surface area contributed by atoms with Crippen LogP contribution in [0.15, 0.2) is 29.2 Å². The average Bonchev–Trinajstić information content (AvgIpc) is 2.47. The molecular formula is C15H23N3O4S. The molecule has 0 fully saturated rings. The summed E-state index contributed by atoms with van der Waals surface area (Å²) in [6.45, 7) is 5.86. The summed E-state index contributed by atoms with van der Waals surface area (Å²) in [6, 6.07) is 5.40. The van der Waals surface area contributed by atoms with Crippen LogP contribution in [0.1, 0.15) is 37.6 Å². The standard InChI is InChI=1S/C15H23N3O4S/c1-4-18(5-2)23(21,22)13-8-6-7-12(10-13)15(20)17-11(3)9-14(16)19/h6-8,10-11H,4-5,9H2,1-3H3,(H2,16,19)(H,17,20). The number of sulfonamides is 1. The number of carbonyl (C=O) groups excluding carboxylic acids is 2. The summed E-state index contributed by atoms with van der Waals surface area (Å²) in [4.78, 5) is 23.1. The second kappa shape index (κ2) is 8.07. The van der Waals surface area contributed by atoms with E-state index in [9.17, 15) is 18.0 Å². The predicted molar refractivity (Wildman–Crippen MR) is 87.3 cm³/mol. The van der Waals surface area contributed by atoms with E-state index >= 15 is 0 Å². The highest BCUT2D eigenvalue weighted by atomic mass is 32.2. The number of nitrogens with zero attached hydrogens (tertiary/aromatic N) is 1. The summed E-state index contributed by atoms with van der Waals surface area (Å²) in [5.74, 6) is -0.967. The Morgan fingerprint density at radius 1 is 1.26 bits per heavy atom. The number of hydrogen-bond donors (Lipinski definition) is 2. The van der Waals surface area contributed by atoms with Gasteiger partial charge in [0.05, 0.1) is 4.90 Å². The zero-order valence-electron chi connectivity index (χ0n) is 13.6. The Hall–Kier alpha value is -1.93. The van der Waals surface area contributed by atoms with Gasteiger partial charge in [0, 0.05) is 31.1 Å². The van der Waals surface area contributed by atoms with Crippen molar-refractivity contribution in [3.8, 4) is 0 Å². The highest BCUT2D eigenvalue weighted by molar-refractivity contribution is 7.89. The first-order valence-corrected chi connectivity index (χ1v) is 8.85. The maximum Gasteiger partial charge on any atom is 0.251 e. The smallest absolute Gasteiger partial charge is 0.251 e. The SMILES string of the molecule is CCN(CC)S(=O)(=O)c1cccc(C(=O)NC(C)CC(N)=O)c1. The summed E-state index contributed by atoms with van der Waals surface area (Å²) in [5, 5.41) is 2.62. The van der Waals surface area contributed by atoms with Crippen LogP contribution in [0.5, 0.6) is 0 Å². The number of carbonyl (C=O) groups is 2. The molecule has 1 rings (SSSR count). The van der Waals surface area contributed by atoms with Crippen LogP contribution >= 0.6 is 0 Å². The summed E-state index contributed by atoms with van der Waals surface area (Å²) < 4.78 is 26.3. The van der Waals surface area contributed by atoms with Gasteiger partial charge in [0.25, 0.3) is 5.91 Å². The fraction of sp³-hybridized carbons (Fsp3) is 0.467. The van der Waals surface area contributed by atoms with E-state index < -0.39 is 27.9 Å². The largest absolute Gasteiger partial charge is 0.370 e. The van der Waals surface area contributed by atoms with E-state index in [0.29, 0.717) is 13.1 Å². The van der Waals surface area contributed by atoms with Crippen molar-refractivity contribution in [2.75, 3.05) is 13.1 Å². The van der Waals surface area contributed by atoms with Crippen LogP contribution in [0.25, 0.3) is 0 Å². The van der Waals surface area contributed by atoms with Crippen LogP contribution in [-0.2, 0) is 14.8 Å². The molecule has 0 radical (unpaired) electrons. The van der Waals surface area contributed by atoms with E-state index in [2.05, 4.69) is 5.32 Å². The molecule has 128 valence electrons. The van der Waals surface area contributed by atoms with Crippen LogP contribution in [0, 0.1) is 0 Å². The van der Waals surface area contributed by atoms with Crippen molar-refractivity contribution in [2.45, 2.75) is 38.1 Å². The molecule has 0 aromatic heterocycles. The minimum Gasteiger partial charge on any atom is -0.370 e. The molecule has 0 bridgehead atoms. The van der Waals surface area contributed by atoms with Crippen LogP contribution < -0.4 is 11.1 Å². The van der Waals surface area contributed by atoms with E-state index in [1.807, 2.05) is 0 Å². The Bertz CT molecular complexity index is 669. The van der Waals surface area contributed by atoms with Gasteiger partial charge < -0.3 is 11.1 Å². The van der Waals surface area contributed by atoms with Crippen LogP contribution in [0.3, 0.4) is 0 Å². The minimum atomic E-state index is -3.63.